The predicted octanol–water partition coefficient (Wildman–Crippen LogP) is 7.89. The van der Waals surface area contributed by atoms with E-state index in [1.165, 1.54) is 65.9 Å². The maximum absolute atomic E-state index is 2.41. The lowest BCUT2D eigenvalue weighted by atomic mass is 9.94. The molecule has 34 heavy (non-hydrogen) atoms. The molecule has 0 saturated carbocycles. The van der Waals surface area contributed by atoms with Gasteiger partial charge in [0.05, 0.1) is 11.0 Å². The largest absolute Gasteiger partial charge is 0.343 e. The molecule has 0 amide bonds. The van der Waals surface area contributed by atoms with Gasteiger partial charge in [0.2, 0.25) is 0 Å². The second-order valence-corrected chi connectivity index (χ2v) is 9.57. The van der Waals surface area contributed by atoms with Crippen LogP contribution in [0.3, 0.4) is 0 Å². The van der Waals surface area contributed by atoms with Crippen molar-refractivity contribution in [1.29, 1.82) is 0 Å². The van der Waals surface area contributed by atoms with Crippen molar-refractivity contribution >= 4 is 43.6 Å². The molecular weight excluding hydrogens is 412 g/mol. The number of nitrogens with zero attached hydrogens (tertiary/aromatic N) is 2. The van der Waals surface area contributed by atoms with Crippen LogP contribution in [0.5, 0.6) is 0 Å². The van der Waals surface area contributed by atoms with Crippen LogP contribution >= 0.6 is 0 Å². The maximum atomic E-state index is 2.41. The Hall–Kier alpha value is -3.52. The van der Waals surface area contributed by atoms with Gasteiger partial charge in [0.25, 0.3) is 0 Å². The molecule has 0 fully saturated rings. The number of fused-ring (bicyclic) bond motifs is 6. The Morgan fingerprint density at radius 1 is 0.500 bits per heavy atom. The Morgan fingerprint density at radius 2 is 0.941 bits per heavy atom. The molecule has 0 atom stereocenters. The predicted molar refractivity (Wildman–Crippen MR) is 147 cm³/mol. The molecule has 2 heteroatoms. The third-order valence-corrected chi connectivity index (χ3v) is 7.86. The van der Waals surface area contributed by atoms with Gasteiger partial charge in [-0.3, -0.25) is 0 Å². The Morgan fingerprint density at radius 3 is 1.56 bits per heavy atom. The molecule has 0 spiro atoms. The van der Waals surface area contributed by atoms with E-state index in [0.717, 1.165) is 25.7 Å². The molecule has 0 aliphatic heterocycles. The molecule has 0 aliphatic rings. The highest BCUT2D eigenvalue weighted by Crippen LogP contribution is 2.36. The average Bonchev–Trinajstić information content (AvgIpc) is 3.36. The third kappa shape index (κ3) is 2.94. The molecule has 0 aliphatic carbocycles. The minimum absolute atomic E-state index is 1.04. The van der Waals surface area contributed by atoms with Crippen molar-refractivity contribution in [1.82, 2.24) is 9.13 Å². The number of hydrogen-bond donors (Lipinski definition) is 0. The third-order valence-electron chi connectivity index (χ3n) is 7.86. The van der Waals surface area contributed by atoms with Gasteiger partial charge in [-0.25, -0.2) is 0 Å². The van der Waals surface area contributed by atoms with Gasteiger partial charge < -0.3 is 9.13 Å². The first kappa shape index (κ1) is 21.0. The van der Waals surface area contributed by atoms with Crippen LogP contribution in [0.15, 0.2) is 72.8 Å². The van der Waals surface area contributed by atoms with Gasteiger partial charge in [-0.05, 0) is 60.1 Å². The van der Waals surface area contributed by atoms with Crippen LogP contribution in [0.4, 0.5) is 0 Å². The second-order valence-electron chi connectivity index (χ2n) is 9.57. The van der Waals surface area contributed by atoms with Crippen LogP contribution in [0.2, 0.25) is 0 Å². The van der Waals surface area contributed by atoms with Gasteiger partial charge >= 0.3 is 0 Å². The molecule has 4 aromatic carbocycles. The monoisotopic (exact) mass is 444 g/mol. The standard InChI is InChI=1S/C32H32N2/c1-5-21-15-19-24(32-29(21)25-11-7-9-13-27(25)34(32)4)20-18-23-17-16-22(6-2)31-30(23)26-12-8-10-14-28(26)33(31)3/h7-17,19H,5-6,18,20H2,1-4H3. The Kier molecular flexibility index (Phi) is 4.99. The normalized spacial score (nSPS) is 12.0. The summed E-state index contributed by atoms with van der Waals surface area (Å²) < 4.78 is 4.80. The zero-order valence-corrected chi connectivity index (χ0v) is 20.7. The minimum Gasteiger partial charge on any atom is -0.343 e. The fraction of sp³-hybridized carbons (Fsp3) is 0.250. The van der Waals surface area contributed by atoms with E-state index < -0.39 is 0 Å². The van der Waals surface area contributed by atoms with Crippen LogP contribution in [0.25, 0.3) is 43.6 Å². The lowest BCUT2D eigenvalue weighted by molar-refractivity contribution is 0.941. The summed E-state index contributed by atoms with van der Waals surface area (Å²) >= 11 is 0. The van der Waals surface area contributed by atoms with Crippen LogP contribution in [0, 0.1) is 0 Å². The van der Waals surface area contributed by atoms with Crippen molar-refractivity contribution < 1.29 is 0 Å². The van der Waals surface area contributed by atoms with Gasteiger partial charge in [0.15, 0.2) is 0 Å². The molecule has 0 N–H and O–H groups in total. The number of rotatable bonds is 5. The molecule has 2 aromatic heterocycles. The zero-order chi connectivity index (χ0) is 23.4. The number of aryl methyl sites for hydroxylation is 6. The average molecular weight is 445 g/mol. The highest BCUT2D eigenvalue weighted by atomic mass is 14.9. The maximum Gasteiger partial charge on any atom is 0.0524 e. The second kappa shape index (κ2) is 8.06. The Labute approximate surface area is 201 Å². The molecule has 0 saturated heterocycles. The lowest BCUT2D eigenvalue weighted by Crippen LogP contribution is -1.99. The Bertz CT molecular complexity index is 1690. The fourth-order valence-corrected chi connectivity index (χ4v) is 6.17. The van der Waals surface area contributed by atoms with Crippen LogP contribution in [0.1, 0.15) is 36.1 Å². The first-order chi connectivity index (χ1) is 16.6. The first-order valence-electron chi connectivity index (χ1n) is 12.6. The number of hydrogen-bond acceptors (Lipinski definition) is 0. The van der Waals surface area contributed by atoms with Gasteiger partial charge in [-0.15, -0.1) is 0 Å². The number of aromatic nitrogens is 2. The van der Waals surface area contributed by atoms with Crippen molar-refractivity contribution in [2.75, 3.05) is 0 Å². The summed E-state index contributed by atoms with van der Waals surface area (Å²) in [6.45, 7) is 4.53. The summed E-state index contributed by atoms with van der Waals surface area (Å²) in [4.78, 5) is 0. The van der Waals surface area contributed by atoms with E-state index in [-0.39, 0.29) is 0 Å². The van der Waals surface area contributed by atoms with E-state index in [4.69, 9.17) is 0 Å². The highest BCUT2D eigenvalue weighted by molar-refractivity contribution is 6.12. The van der Waals surface area contributed by atoms with Gasteiger partial charge in [-0.1, -0.05) is 74.5 Å². The highest BCUT2D eigenvalue weighted by Gasteiger charge is 2.17. The van der Waals surface area contributed by atoms with Crippen LogP contribution in [-0.2, 0) is 39.8 Å². The quantitative estimate of drug-likeness (QED) is 0.256. The van der Waals surface area contributed by atoms with Gasteiger partial charge in [0, 0.05) is 46.7 Å². The summed E-state index contributed by atoms with van der Waals surface area (Å²) in [5.41, 5.74) is 11.2. The molecule has 6 rings (SSSR count). The summed E-state index contributed by atoms with van der Waals surface area (Å²) in [6, 6.07) is 27.2. The summed E-state index contributed by atoms with van der Waals surface area (Å²) in [7, 11) is 4.45. The van der Waals surface area contributed by atoms with E-state index in [2.05, 4.69) is 110 Å². The zero-order valence-electron chi connectivity index (χ0n) is 20.7. The van der Waals surface area contributed by atoms with E-state index in [0.29, 0.717) is 0 Å². The molecule has 2 heterocycles. The first-order valence-corrected chi connectivity index (χ1v) is 12.6. The van der Waals surface area contributed by atoms with Gasteiger partial charge in [0.1, 0.15) is 0 Å². The fourth-order valence-electron chi connectivity index (χ4n) is 6.17. The number of benzene rings is 4. The molecule has 0 unspecified atom stereocenters. The molecule has 0 radical (unpaired) electrons. The molecule has 6 aromatic rings. The van der Waals surface area contributed by atoms with Crippen molar-refractivity contribution in [3.8, 4) is 0 Å². The lowest BCUT2D eigenvalue weighted by Gasteiger charge is -2.12. The summed E-state index contributed by atoms with van der Waals surface area (Å²) in [6.07, 6.45) is 4.18. The minimum atomic E-state index is 1.04. The van der Waals surface area contributed by atoms with Crippen molar-refractivity contribution in [2.45, 2.75) is 39.5 Å². The molecule has 170 valence electrons. The number of para-hydroxylation sites is 2. The van der Waals surface area contributed by atoms with E-state index in [1.807, 2.05) is 0 Å². The van der Waals surface area contributed by atoms with Crippen molar-refractivity contribution in [2.24, 2.45) is 14.1 Å². The molecular formula is C32H32N2. The van der Waals surface area contributed by atoms with Crippen molar-refractivity contribution in [3.63, 3.8) is 0 Å². The summed E-state index contributed by atoms with van der Waals surface area (Å²) in [5, 5.41) is 5.63. The van der Waals surface area contributed by atoms with Gasteiger partial charge in [-0.2, -0.15) is 0 Å². The Balaban J connectivity index is 1.52. The van der Waals surface area contributed by atoms with E-state index in [1.54, 1.807) is 0 Å². The van der Waals surface area contributed by atoms with E-state index >= 15 is 0 Å². The molecule has 0 bridgehead atoms. The topological polar surface area (TPSA) is 9.86 Å². The van der Waals surface area contributed by atoms with Crippen molar-refractivity contribution in [3.05, 3.63) is 95.1 Å². The van der Waals surface area contributed by atoms with Crippen LogP contribution in [-0.4, -0.2) is 9.13 Å². The van der Waals surface area contributed by atoms with Crippen LogP contribution < -0.4 is 0 Å². The van der Waals surface area contributed by atoms with E-state index in [9.17, 15) is 0 Å². The SMILES string of the molecule is CCc1ccc(CCc2ccc(CC)c3c2c2ccccc2n3C)c2c1c1ccccc1n2C. The summed E-state index contributed by atoms with van der Waals surface area (Å²) in [5.74, 6) is 0. The smallest absolute Gasteiger partial charge is 0.0524 e. The molecule has 2 nitrogen and oxygen atoms in total.